The average Bonchev–Trinajstić information content (AvgIpc) is 2.97. The Hall–Kier alpha value is -1.55. The first-order valence-corrected chi connectivity index (χ1v) is 7.94. The maximum Gasteiger partial charge on any atom is 0.335 e. The van der Waals surface area contributed by atoms with Gasteiger partial charge in [-0.25, -0.2) is 4.79 Å². The van der Waals surface area contributed by atoms with E-state index in [1.807, 2.05) is 0 Å². The largest absolute Gasteiger partial charge is 0.492 e. The maximum atomic E-state index is 10.8. The van der Waals surface area contributed by atoms with Crippen LogP contribution in [0.15, 0.2) is 24.3 Å². The molecule has 1 aliphatic carbocycles. The van der Waals surface area contributed by atoms with Crippen LogP contribution in [0.2, 0.25) is 0 Å². The van der Waals surface area contributed by atoms with Crippen molar-refractivity contribution in [1.29, 1.82) is 0 Å². The van der Waals surface area contributed by atoms with E-state index in [4.69, 9.17) is 9.84 Å². The number of hydrogen-bond acceptors (Lipinski definition) is 3. The maximum absolute atomic E-state index is 10.8. The number of rotatable bonds is 5. The van der Waals surface area contributed by atoms with Crippen LogP contribution >= 0.6 is 0 Å². The third-order valence-corrected chi connectivity index (χ3v) is 4.86. The fourth-order valence-electron chi connectivity index (χ4n) is 3.81. The Kier molecular flexibility index (Phi) is 4.44. The smallest absolute Gasteiger partial charge is 0.335 e. The molecule has 1 heterocycles. The molecule has 2 atom stereocenters. The summed E-state index contributed by atoms with van der Waals surface area (Å²) in [4.78, 5) is 13.4. The van der Waals surface area contributed by atoms with Crippen LogP contribution < -0.4 is 4.74 Å². The number of piperidine rings is 1. The quantitative estimate of drug-likeness (QED) is 0.905. The van der Waals surface area contributed by atoms with Gasteiger partial charge in [-0.05, 0) is 62.4 Å². The minimum absolute atomic E-state index is 0.298. The Morgan fingerprint density at radius 1 is 1.19 bits per heavy atom. The number of nitrogens with zero attached hydrogens (tertiary/aromatic N) is 1. The molecule has 1 N–H and O–H groups in total. The van der Waals surface area contributed by atoms with E-state index in [0.717, 1.165) is 24.3 Å². The van der Waals surface area contributed by atoms with Crippen LogP contribution in [0.5, 0.6) is 5.75 Å². The molecule has 0 spiro atoms. The molecule has 1 aliphatic heterocycles. The van der Waals surface area contributed by atoms with Crippen LogP contribution in [0.1, 0.15) is 42.5 Å². The van der Waals surface area contributed by atoms with Crippen LogP contribution in [0.3, 0.4) is 0 Å². The minimum Gasteiger partial charge on any atom is -0.492 e. The molecule has 0 amide bonds. The van der Waals surface area contributed by atoms with Crippen molar-refractivity contribution >= 4 is 5.97 Å². The first kappa shape index (κ1) is 14.4. The molecule has 114 valence electrons. The zero-order valence-corrected chi connectivity index (χ0v) is 12.3. The van der Waals surface area contributed by atoms with Gasteiger partial charge in [-0.15, -0.1) is 0 Å². The number of hydrogen-bond donors (Lipinski definition) is 1. The SMILES string of the molecule is O=C(O)c1ccc(OCCN2CCCC3CCCC32)cc1. The summed E-state index contributed by atoms with van der Waals surface area (Å²) in [6.07, 6.45) is 6.84. The molecule has 1 saturated heterocycles. The Morgan fingerprint density at radius 2 is 1.95 bits per heavy atom. The van der Waals surface area contributed by atoms with E-state index in [1.54, 1.807) is 24.3 Å². The summed E-state index contributed by atoms with van der Waals surface area (Å²) in [6, 6.07) is 7.42. The molecule has 1 saturated carbocycles. The van der Waals surface area contributed by atoms with Crippen LogP contribution in [0, 0.1) is 5.92 Å². The van der Waals surface area contributed by atoms with Crippen molar-refractivity contribution < 1.29 is 14.6 Å². The fourth-order valence-corrected chi connectivity index (χ4v) is 3.81. The van der Waals surface area contributed by atoms with Crippen molar-refractivity contribution in [3.63, 3.8) is 0 Å². The second kappa shape index (κ2) is 6.48. The molecule has 3 rings (SSSR count). The molecule has 0 radical (unpaired) electrons. The predicted octanol–water partition coefficient (Wildman–Crippen LogP) is 3.03. The van der Waals surface area contributed by atoms with Crippen molar-refractivity contribution in [2.24, 2.45) is 5.92 Å². The number of carbonyl (C=O) groups is 1. The summed E-state index contributed by atoms with van der Waals surface area (Å²) in [6.45, 7) is 2.85. The summed E-state index contributed by atoms with van der Waals surface area (Å²) in [5.74, 6) is 0.760. The first-order chi connectivity index (χ1) is 10.2. The molecule has 2 aliphatic rings. The van der Waals surface area contributed by atoms with Gasteiger partial charge in [0.25, 0.3) is 0 Å². The molecule has 4 heteroatoms. The minimum atomic E-state index is -0.901. The first-order valence-electron chi connectivity index (χ1n) is 7.94. The highest BCUT2D eigenvalue weighted by Crippen LogP contribution is 2.36. The topological polar surface area (TPSA) is 49.8 Å². The molecule has 0 aromatic heterocycles. The van der Waals surface area contributed by atoms with E-state index >= 15 is 0 Å². The van der Waals surface area contributed by atoms with Gasteiger partial charge >= 0.3 is 5.97 Å². The number of aromatic carboxylic acids is 1. The lowest BCUT2D eigenvalue weighted by atomic mass is 9.92. The zero-order valence-electron chi connectivity index (χ0n) is 12.3. The summed E-state index contributed by atoms with van der Waals surface area (Å²) in [5.41, 5.74) is 0.298. The highest BCUT2D eigenvalue weighted by molar-refractivity contribution is 5.87. The highest BCUT2D eigenvalue weighted by atomic mass is 16.5. The summed E-state index contributed by atoms with van der Waals surface area (Å²) in [7, 11) is 0. The normalized spacial score (nSPS) is 25.5. The lowest BCUT2D eigenvalue weighted by molar-refractivity contribution is 0.0697. The molecule has 1 aromatic carbocycles. The van der Waals surface area contributed by atoms with E-state index < -0.39 is 5.97 Å². The molecular formula is C17H23NO3. The second-order valence-corrected chi connectivity index (χ2v) is 6.11. The predicted molar refractivity (Wildman–Crippen MR) is 80.8 cm³/mol. The van der Waals surface area contributed by atoms with Gasteiger partial charge in [0, 0.05) is 12.6 Å². The van der Waals surface area contributed by atoms with Gasteiger partial charge in [-0.1, -0.05) is 6.42 Å². The van der Waals surface area contributed by atoms with Crippen LogP contribution in [0.25, 0.3) is 0 Å². The molecular weight excluding hydrogens is 266 g/mol. The molecule has 2 fully saturated rings. The summed E-state index contributed by atoms with van der Waals surface area (Å²) >= 11 is 0. The van der Waals surface area contributed by atoms with Gasteiger partial charge < -0.3 is 9.84 Å². The molecule has 21 heavy (non-hydrogen) atoms. The van der Waals surface area contributed by atoms with Crippen LogP contribution in [-0.4, -0.2) is 41.7 Å². The van der Waals surface area contributed by atoms with Crippen molar-refractivity contribution in [1.82, 2.24) is 4.90 Å². The highest BCUT2D eigenvalue weighted by Gasteiger charge is 2.34. The van der Waals surface area contributed by atoms with Gasteiger partial charge in [0.15, 0.2) is 0 Å². The lowest BCUT2D eigenvalue weighted by Crippen LogP contribution is -2.44. The van der Waals surface area contributed by atoms with E-state index in [0.29, 0.717) is 12.2 Å². The number of carboxylic acids is 1. The van der Waals surface area contributed by atoms with Crippen molar-refractivity contribution in [2.75, 3.05) is 19.7 Å². The number of ether oxygens (including phenoxy) is 1. The van der Waals surface area contributed by atoms with E-state index in [1.165, 1.54) is 38.6 Å². The number of likely N-dealkylation sites (tertiary alicyclic amines) is 1. The van der Waals surface area contributed by atoms with Gasteiger partial charge in [0.2, 0.25) is 0 Å². The Labute approximate surface area is 125 Å². The standard InChI is InChI=1S/C17H23NO3/c19-17(20)14-6-8-15(9-7-14)21-12-11-18-10-2-4-13-3-1-5-16(13)18/h6-9,13,16H,1-5,10-12H2,(H,19,20). The number of benzene rings is 1. The Balaban J connectivity index is 1.48. The molecule has 4 nitrogen and oxygen atoms in total. The third kappa shape index (κ3) is 3.38. The second-order valence-electron chi connectivity index (χ2n) is 6.11. The van der Waals surface area contributed by atoms with Gasteiger partial charge in [0.1, 0.15) is 12.4 Å². The van der Waals surface area contributed by atoms with Crippen molar-refractivity contribution in [2.45, 2.75) is 38.1 Å². The van der Waals surface area contributed by atoms with Crippen molar-refractivity contribution in [3.8, 4) is 5.75 Å². The molecule has 2 unspecified atom stereocenters. The van der Waals surface area contributed by atoms with Gasteiger partial charge in [0.05, 0.1) is 5.56 Å². The van der Waals surface area contributed by atoms with Gasteiger partial charge in [-0.3, -0.25) is 4.90 Å². The number of fused-ring (bicyclic) bond motifs is 1. The summed E-state index contributed by atoms with van der Waals surface area (Å²) in [5, 5.41) is 8.86. The van der Waals surface area contributed by atoms with Crippen LogP contribution in [-0.2, 0) is 0 Å². The summed E-state index contributed by atoms with van der Waals surface area (Å²) < 4.78 is 5.76. The van der Waals surface area contributed by atoms with E-state index in [9.17, 15) is 4.79 Å². The van der Waals surface area contributed by atoms with Crippen molar-refractivity contribution in [3.05, 3.63) is 29.8 Å². The Morgan fingerprint density at radius 3 is 2.71 bits per heavy atom. The third-order valence-electron chi connectivity index (χ3n) is 4.86. The zero-order chi connectivity index (χ0) is 14.7. The average molecular weight is 289 g/mol. The monoisotopic (exact) mass is 289 g/mol. The van der Waals surface area contributed by atoms with E-state index in [2.05, 4.69) is 4.90 Å². The molecule has 1 aromatic rings. The molecule has 0 bridgehead atoms. The fraction of sp³-hybridized carbons (Fsp3) is 0.588. The Bertz CT molecular complexity index is 485. The number of carboxylic acid groups (broad SMARTS) is 1. The van der Waals surface area contributed by atoms with Crippen LogP contribution in [0.4, 0.5) is 0 Å². The lowest BCUT2D eigenvalue weighted by Gasteiger charge is -2.37. The van der Waals surface area contributed by atoms with E-state index in [-0.39, 0.29) is 0 Å². The van der Waals surface area contributed by atoms with Gasteiger partial charge in [-0.2, -0.15) is 0 Å².